The third-order valence-electron chi connectivity index (χ3n) is 3.90. The van der Waals surface area contributed by atoms with Crippen molar-refractivity contribution in [3.63, 3.8) is 0 Å². The van der Waals surface area contributed by atoms with Crippen LogP contribution in [-0.2, 0) is 11.8 Å². The molecule has 104 valence electrons. The van der Waals surface area contributed by atoms with Gasteiger partial charge in [0.1, 0.15) is 5.82 Å². The molecule has 1 nitrogen and oxygen atoms in total. The Kier molecular flexibility index (Phi) is 3.85. The summed E-state index contributed by atoms with van der Waals surface area (Å²) >= 11 is 9.50. The Labute approximate surface area is 131 Å². The van der Waals surface area contributed by atoms with E-state index in [0.717, 1.165) is 28.1 Å². The van der Waals surface area contributed by atoms with E-state index < -0.39 is 0 Å². The summed E-state index contributed by atoms with van der Waals surface area (Å²) in [6, 6.07) is 13.0. The molecule has 0 radical (unpaired) electrons. The lowest BCUT2D eigenvalue weighted by Crippen LogP contribution is -2.58. The zero-order valence-electron chi connectivity index (χ0n) is 10.8. The van der Waals surface area contributed by atoms with Crippen LogP contribution in [0, 0.1) is 5.82 Å². The predicted molar refractivity (Wildman–Crippen MR) is 83.8 cm³/mol. The first kappa shape index (κ1) is 14.1. The van der Waals surface area contributed by atoms with Crippen LogP contribution in [0.3, 0.4) is 0 Å². The van der Waals surface area contributed by atoms with Gasteiger partial charge in [-0.3, -0.25) is 0 Å². The van der Waals surface area contributed by atoms with Crippen LogP contribution in [0.15, 0.2) is 46.9 Å². The first-order valence-electron chi connectivity index (χ1n) is 6.50. The highest BCUT2D eigenvalue weighted by atomic mass is 79.9. The highest BCUT2D eigenvalue weighted by Crippen LogP contribution is 2.35. The zero-order valence-corrected chi connectivity index (χ0v) is 13.1. The second kappa shape index (κ2) is 5.47. The fourth-order valence-electron chi connectivity index (χ4n) is 2.72. The average Bonchev–Trinajstić information content (AvgIpc) is 2.38. The van der Waals surface area contributed by atoms with Gasteiger partial charge in [-0.2, -0.15) is 0 Å². The summed E-state index contributed by atoms with van der Waals surface area (Å²) in [4.78, 5) is 0. The number of halogens is 3. The molecule has 0 aliphatic carbocycles. The quantitative estimate of drug-likeness (QED) is 0.865. The van der Waals surface area contributed by atoms with Gasteiger partial charge in [-0.25, -0.2) is 4.39 Å². The number of hydrogen-bond donors (Lipinski definition) is 1. The highest BCUT2D eigenvalue weighted by molar-refractivity contribution is 9.10. The molecular weight excluding hydrogens is 341 g/mol. The van der Waals surface area contributed by atoms with Crippen LogP contribution in [0.1, 0.15) is 11.1 Å². The van der Waals surface area contributed by atoms with Crippen molar-refractivity contribution >= 4 is 27.5 Å². The summed E-state index contributed by atoms with van der Waals surface area (Å²) in [7, 11) is 0. The Morgan fingerprint density at radius 3 is 2.65 bits per heavy atom. The van der Waals surface area contributed by atoms with E-state index in [1.165, 1.54) is 11.6 Å². The van der Waals surface area contributed by atoms with Crippen molar-refractivity contribution in [2.24, 2.45) is 0 Å². The van der Waals surface area contributed by atoms with Gasteiger partial charge in [-0.05, 0) is 47.9 Å². The van der Waals surface area contributed by atoms with Crippen LogP contribution in [-0.4, -0.2) is 13.1 Å². The molecule has 0 amide bonds. The molecule has 2 aromatic rings. The first-order chi connectivity index (χ1) is 9.59. The number of rotatable bonds is 3. The molecule has 1 aliphatic rings. The minimum atomic E-state index is -0.151. The van der Waals surface area contributed by atoms with Crippen LogP contribution in [0.4, 0.5) is 4.39 Å². The maximum Gasteiger partial charge on any atom is 0.126 e. The number of benzene rings is 2. The maximum absolute atomic E-state index is 14.0. The summed E-state index contributed by atoms with van der Waals surface area (Å²) < 4.78 is 14.9. The van der Waals surface area contributed by atoms with Crippen molar-refractivity contribution in [1.82, 2.24) is 5.32 Å². The summed E-state index contributed by atoms with van der Waals surface area (Å²) in [6.45, 7) is 1.69. The van der Waals surface area contributed by atoms with Gasteiger partial charge in [0.2, 0.25) is 0 Å². The van der Waals surface area contributed by atoms with E-state index in [1.807, 2.05) is 24.3 Å². The Hall–Kier alpha value is -0.900. The van der Waals surface area contributed by atoms with E-state index in [0.29, 0.717) is 6.42 Å². The standard InChI is InChI=1S/C16H14BrClFN/c17-13-4-5-15(19)11(6-13)8-16(9-20-10-16)12-2-1-3-14(18)7-12/h1-7,20H,8-10H2. The summed E-state index contributed by atoms with van der Waals surface area (Å²) in [5.41, 5.74) is 1.84. The lowest BCUT2D eigenvalue weighted by molar-refractivity contribution is 0.272. The molecule has 0 saturated carbocycles. The van der Waals surface area contributed by atoms with Gasteiger partial charge in [0, 0.05) is 28.0 Å². The molecule has 1 fully saturated rings. The molecule has 1 aliphatic heterocycles. The van der Waals surface area contributed by atoms with E-state index in [9.17, 15) is 4.39 Å². The molecule has 0 spiro atoms. The van der Waals surface area contributed by atoms with E-state index >= 15 is 0 Å². The number of nitrogens with one attached hydrogen (secondary N) is 1. The van der Waals surface area contributed by atoms with Crippen molar-refractivity contribution < 1.29 is 4.39 Å². The second-order valence-electron chi connectivity index (χ2n) is 5.31. The van der Waals surface area contributed by atoms with Crippen molar-refractivity contribution in [2.45, 2.75) is 11.8 Å². The van der Waals surface area contributed by atoms with Crippen molar-refractivity contribution in [3.8, 4) is 0 Å². The third kappa shape index (κ3) is 2.62. The fraction of sp³-hybridized carbons (Fsp3) is 0.250. The predicted octanol–water partition coefficient (Wildman–Crippen LogP) is 4.33. The molecule has 2 aromatic carbocycles. The molecule has 1 N–H and O–H groups in total. The molecule has 1 saturated heterocycles. The molecule has 0 bridgehead atoms. The maximum atomic E-state index is 14.0. The topological polar surface area (TPSA) is 12.0 Å². The largest absolute Gasteiger partial charge is 0.315 e. The molecule has 1 heterocycles. The van der Waals surface area contributed by atoms with Gasteiger partial charge in [0.15, 0.2) is 0 Å². The molecule has 3 rings (SSSR count). The fourth-order valence-corrected chi connectivity index (χ4v) is 3.32. The molecule has 0 unspecified atom stereocenters. The van der Waals surface area contributed by atoms with Gasteiger partial charge in [-0.1, -0.05) is 39.7 Å². The van der Waals surface area contributed by atoms with Crippen LogP contribution in [0.2, 0.25) is 5.02 Å². The lowest BCUT2D eigenvalue weighted by atomic mass is 9.71. The molecular formula is C16H14BrClFN. The molecule has 0 atom stereocenters. The van der Waals surface area contributed by atoms with Crippen LogP contribution < -0.4 is 5.32 Å². The average molecular weight is 355 g/mol. The van der Waals surface area contributed by atoms with Crippen LogP contribution in [0.5, 0.6) is 0 Å². The molecule has 20 heavy (non-hydrogen) atoms. The Morgan fingerprint density at radius 2 is 2.00 bits per heavy atom. The summed E-state index contributed by atoms with van der Waals surface area (Å²) in [6.07, 6.45) is 0.672. The Bertz CT molecular complexity index is 640. The second-order valence-corrected chi connectivity index (χ2v) is 6.66. The van der Waals surface area contributed by atoms with Crippen molar-refractivity contribution in [2.75, 3.05) is 13.1 Å². The van der Waals surface area contributed by atoms with Gasteiger partial charge < -0.3 is 5.32 Å². The lowest BCUT2D eigenvalue weighted by Gasteiger charge is -2.43. The summed E-state index contributed by atoms with van der Waals surface area (Å²) in [5.74, 6) is -0.151. The third-order valence-corrected chi connectivity index (χ3v) is 4.63. The van der Waals surface area contributed by atoms with E-state index in [4.69, 9.17) is 11.6 Å². The van der Waals surface area contributed by atoms with Gasteiger partial charge >= 0.3 is 0 Å². The van der Waals surface area contributed by atoms with Gasteiger partial charge in [0.05, 0.1) is 0 Å². The smallest absolute Gasteiger partial charge is 0.126 e. The molecule has 0 aromatic heterocycles. The minimum absolute atomic E-state index is 0.0630. The SMILES string of the molecule is Fc1ccc(Br)cc1CC1(c2cccc(Cl)c2)CNC1. The Morgan fingerprint density at radius 1 is 1.20 bits per heavy atom. The van der Waals surface area contributed by atoms with Crippen LogP contribution >= 0.6 is 27.5 Å². The zero-order chi connectivity index (χ0) is 14.2. The number of hydrogen-bond acceptors (Lipinski definition) is 1. The minimum Gasteiger partial charge on any atom is -0.315 e. The van der Waals surface area contributed by atoms with Crippen molar-refractivity contribution in [1.29, 1.82) is 0 Å². The summed E-state index contributed by atoms with van der Waals surface area (Å²) in [5, 5.41) is 4.02. The Balaban J connectivity index is 1.96. The van der Waals surface area contributed by atoms with Crippen molar-refractivity contribution in [3.05, 3.63) is 68.9 Å². The van der Waals surface area contributed by atoms with Crippen LogP contribution in [0.25, 0.3) is 0 Å². The van der Waals surface area contributed by atoms with E-state index in [1.54, 1.807) is 6.07 Å². The highest BCUT2D eigenvalue weighted by Gasteiger charge is 2.39. The van der Waals surface area contributed by atoms with E-state index in [-0.39, 0.29) is 11.2 Å². The van der Waals surface area contributed by atoms with E-state index in [2.05, 4.69) is 27.3 Å². The normalized spacial score (nSPS) is 16.8. The van der Waals surface area contributed by atoms with Gasteiger partial charge in [0.25, 0.3) is 0 Å². The monoisotopic (exact) mass is 353 g/mol. The molecule has 4 heteroatoms. The van der Waals surface area contributed by atoms with Gasteiger partial charge in [-0.15, -0.1) is 0 Å². The first-order valence-corrected chi connectivity index (χ1v) is 7.67.